The molecule has 1 heterocycles. The molecule has 0 aromatic rings. The fourth-order valence-electron chi connectivity index (χ4n) is 12.2. The second-order valence-corrected chi connectivity index (χ2v) is 17.7. The van der Waals surface area contributed by atoms with E-state index in [1.54, 1.807) is 6.92 Å². The molecule has 15 atom stereocenters. The molecule has 11 nitrogen and oxygen atoms in total. The van der Waals surface area contributed by atoms with Crippen molar-refractivity contribution in [3.63, 3.8) is 0 Å². The summed E-state index contributed by atoms with van der Waals surface area (Å²) in [7, 11) is 0. The summed E-state index contributed by atoms with van der Waals surface area (Å²) >= 11 is 0. The van der Waals surface area contributed by atoms with Crippen LogP contribution >= 0.6 is 0 Å². The quantitative estimate of drug-likeness (QED) is 0.144. The van der Waals surface area contributed by atoms with E-state index in [4.69, 9.17) is 9.47 Å². The molecule has 264 valence electrons. The second kappa shape index (κ2) is 11.1. The monoisotopic (exact) mass is 662 g/mol. The van der Waals surface area contributed by atoms with Gasteiger partial charge < -0.3 is 44.9 Å². The Labute approximate surface area is 276 Å². The Kier molecular flexibility index (Phi) is 8.22. The van der Waals surface area contributed by atoms with Crippen LogP contribution in [0.3, 0.4) is 0 Å². The Morgan fingerprint density at radius 2 is 1.53 bits per heavy atom. The lowest BCUT2D eigenvalue weighted by Gasteiger charge is -2.71. The maximum atomic E-state index is 13.1. The van der Waals surface area contributed by atoms with Gasteiger partial charge >= 0.3 is 11.9 Å². The van der Waals surface area contributed by atoms with Gasteiger partial charge in [0, 0.05) is 0 Å². The van der Waals surface area contributed by atoms with Crippen molar-refractivity contribution in [1.82, 2.24) is 0 Å². The van der Waals surface area contributed by atoms with Gasteiger partial charge in [-0.25, -0.2) is 4.79 Å². The number of aliphatic hydroxyl groups excluding tert-OH is 4. The number of carboxylic acid groups (broad SMARTS) is 2. The molecule has 1 aliphatic heterocycles. The maximum absolute atomic E-state index is 13.1. The van der Waals surface area contributed by atoms with Crippen molar-refractivity contribution in [2.24, 2.45) is 50.2 Å². The summed E-state index contributed by atoms with van der Waals surface area (Å²) in [5, 5.41) is 63.1. The van der Waals surface area contributed by atoms with E-state index in [1.807, 2.05) is 0 Å². The Balaban J connectivity index is 1.34. The summed E-state index contributed by atoms with van der Waals surface area (Å²) in [6.45, 7) is 13.1. The van der Waals surface area contributed by atoms with Gasteiger partial charge in [0.15, 0.2) is 12.4 Å². The average molecular weight is 663 g/mol. The van der Waals surface area contributed by atoms with E-state index in [1.165, 1.54) is 5.57 Å². The van der Waals surface area contributed by atoms with E-state index < -0.39 is 71.1 Å². The Morgan fingerprint density at radius 3 is 2.15 bits per heavy atom. The molecule has 0 aromatic heterocycles. The highest BCUT2D eigenvalue weighted by Gasteiger charge is 2.71. The van der Waals surface area contributed by atoms with Gasteiger partial charge in [-0.05, 0) is 97.2 Å². The largest absolute Gasteiger partial charge is 0.481 e. The number of aliphatic carboxylic acids is 2. The fraction of sp³-hybridized carbons (Fsp3) is 0.861. The van der Waals surface area contributed by atoms with Crippen LogP contribution < -0.4 is 0 Å². The van der Waals surface area contributed by atoms with Gasteiger partial charge in [-0.3, -0.25) is 4.79 Å². The van der Waals surface area contributed by atoms with Crippen molar-refractivity contribution < 1.29 is 54.5 Å². The molecule has 11 heteroatoms. The fourth-order valence-corrected chi connectivity index (χ4v) is 12.2. The molecule has 6 rings (SSSR count). The van der Waals surface area contributed by atoms with Crippen LogP contribution in [0, 0.1) is 50.2 Å². The molecular weight excluding hydrogens is 608 g/mol. The van der Waals surface area contributed by atoms with E-state index in [9.17, 15) is 45.0 Å². The van der Waals surface area contributed by atoms with E-state index in [0.29, 0.717) is 25.7 Å². The standard InChI is InChI=1S/C36H54O11/c1-31(2)11-13-36(30(44)45)14-12-34(5)18(19(36)15-31)7-8-22-32(3)16-20(38)27(33(4,17-37)21(32)9-10-35(22,34)6)47-29-25(41)23(39)24(40)26(46-29)28(42)43/h7,17,19-27,29,38-41H,8-16H2,1-6H3,(H,42,43)(H,44,45)/t19-,20-,21+,22+,23-,24-,25+,26-,27-,29-,32-,33-,34+,35+,36-/m0/s1. The zero-order chi connectivity index (χ0) is 34.7. The van der Waals surface area contributed by atoms with Gasteiger partial charge in [-0.1, -0.05) is 53.2 Å². The molecule has 0 bridgehead atoms. The molecule has 6 aliphatic rings. The smallest absolute Gasteiger partial charge is 0.335 e. The minimum atomic E-state index is -1.89. The lowest BCUT2D eigenvalue weighted by Crippen LogP contribution is -2.69. The molecule has 47 heavy (non-hydrogen) atoms. The predicted molar refractivity (Wildman–Crippen MR) is 168 cm³/mol. The number of carbonyl (C=O) groups is 3. The molecular formula is C36H54O11. The average Bonchev–Trinajstić information content (AvgIpc) is 2.98. The molecule has 0 radical (unpaired) electrons. The summed E-state index contributed by atoms with van der Waals surface area (Å²) < 4.78 is 11.5. The summed E-state index contributed by atoms with van der Waals surface area (Å²) in [5.74, 6) is -2.42. The van der Waals surface area contributed by atoms with Crippen molar-refractivity contribution in [3.8, 4) is 0 Å². The zero-order valence-electron chi connectivity index (χ0n) is 28.5. The molecule has 6 N–H and O–H groups in total. The van der Waals surface area contributed by atoms with E-state index >= 15 is 0 Å². The topological polar surface area (TPSA) is 191 Å². The highest BCUT2D eigenvalue weighted by atomic mass is 16.7. The predicted octanol–water partition coefficient (Wildman–Crippen LogP) is 3.30. The summed E-state index contributed by atoms with van der Waals surface area (Å²) in [5.41, 5.74) is -1.64. The molecule has 4 saturated carbocycles. The first-order chi connectivity index (χ1) is 21.7. The third-order valence-corrected chi connectivity index (χ3v) is 15.0. The first kappa shape index (κ1) is 35.0. The number of rotatable bonds is 5. The number of ether oxygens (including phenoxy) is 2. The second-order valence-electron chi connectivity index (χ2n) is 17.7. The van der Waals surface area contributed by atoms with Crippen LogP contribution in [0.25, 0.3) is 0 Å². The number of fused-ring (bicyclic) bond motifs is 7. The summed E-state index contributed by atoms with van der Waals surface area (Å²) in [6, 6.07) is 0. The highest BCUT2D eigenvalue weighted by molar-refractivity contribution is 5.76. The maximum Gasteiger partial charge on any atom is 0.335 e. The first-order valence-corrected chi connectivity index (χ1v) is 17.4. The highest BCUT2D eigenvalue weighted by Crippen LogP contribution is 2.75. The van der Waals surface area contributed by atoms with Crippen LogP contribution in [0.4, 0.5) is 0 Å². The lowest BCUT2D eigenvalue weighted by atomic mass is 9.33. The number of aldehydes is 1. The first-order valence-electron chi connectivity index (χ1n) is 17.4. The summed E-state index contributed by atoms with van der Waals surface area (Å²) in [4.78, 5) is 37.8. The van der Waals surface area contributed by atoms with E-state index in [-0.39, 0.29) is 40.4 Å². The van der Waals surface area contributed by atoms with Crippen LogP contribution in [-0.2, 0) is 23.9 Å². The number of carbonyl (C=O) groups excluding carboxylic acids is 1. The summed E-state index contributed by atoms with van der Waals surface area (Å²) in [6.07, 6.45) is -2.08. The van der Waals surface area contributed by atoms with E-state index in [2.05, 4.69) is 40.7 Å². The Hall–Kier alpha value is -1.89. The van der Waals surface area contributed by atoms with Crippen LogP contribution in [-0.4, -0.2) is 91.8 Å². The third-order valence-electron chi connectivity index (χ3n) is 15.0. The number of hydrogen-bond donors (Lipinski definition) is 6. The van der Waals surface area contributed by atoms with Gasteiger partial charge in [-0.2, -0.15) is 0 Å². The normalized spacial score (nSPS) is 53.7. The number of hydrogen-bond acceptors (Lipinski definition) is 9. The zero-order valence-corrected chi connectivity index (χ0v) is 28.5. The minimum absolute atomic E-state index is 0.0359. The number of allylic oxidation sites excluding steroid dienone is 2. The minimum Gasteiger partial charge on any atom is -0.481 e. The van der Waals surface area contributed by atoms with Gasteiger partial charge in [0.25, 0.3) is 0 Å². The number of carboxylic acids is 2. The Bertz CT molecular complexity index is 1350. The van der Waals surface area contributed by atoms with Crippen molar-refractivity contribution in [2.45, 2.75) is 142 Å². The molecule has 0 spiro atoms. The number of aliphatic hydroxyl groups is 4. The Morgan fingerprint density at radius 1 is 0.872 bits per heavy atom. The van der Waals surface area contributed by atoms with Gasteiger partial charge in [0.2, 0.25) is 0 Å². The molecule has 5 aliphatic carbocycles. The van der Waals surface area contributed by atoms with Crippen LogP contribution in [0.2, 0.25) is 0 Å². The van der Waals surface area contributed by atoms with Crippen molar-refractivity contribution >= 4 is 18.2 Å². The molecule has 0 amide bonds. The van der Waals surface area contributed by atoms with E-state index in [0.717, 1.165) is 32.0 Å². The van der Waals surface area contributed by atoms with Crippen molar-refractivity contribution in [3.05, 3.63) is 11.6 Å². The SMILES string of the molecule is CC1(C)CC[C@]2(C(=O)O)CC[C@]3(C)C(=CC[C@@H]4[C@@]5(C)C[C@H](O)[C@H](O[C@@H]6O[C@H](C(=O)O)[C@@H](O)[C@H](O)[C@H]6O)[C@@](C)(C=O)[C@@H]5CC[C@]43C)[C@@H]2C1. The van der Waals surface area contributed by atoms with Crippen LogP contribution in [0.1, 0.15) is 99.3 Å². The third kappa shape index (κ3) is 4.69. The lowest BCUT2D eigenvalue weighted by molar-refractivity contribution is -0.332. The van der Waals surface area contributed by atoms with Crippen LogP contribution in [0.15, 0.2) is 11.6 Å². The van der Waals surface area contributed by atoms with Crippen molar-refractivity contribution in [2.75, 3.05) is 0 Å². The van der Waals surface area contributed by atoms with Gasteiger partial charge in [-0.15, -0.1) is 0 Å². The molecule has 1 saturated heterocycles. The van der Waals surface area contributed by atoms with Crippen molar-refractivity contribution in [1.29, 1.82) is 0 Å². The molecule has 0 aromatic carbocycles. The van der Waals surface area contributed by atoms with Crippen LogP contribution in [0.5, 0.6) is 0 Å². The molecule has 5 fully saturated rings. The molecule has 0 unspecified atom stereocenters. The van der Waals surface area contributed by atoms with Gasteiger partial charge in [0.05, 0.1) is 23.0 Å². The van der Waals surface area contributed by atoms with Gasteiger partial charge in [0.1, 0.15) is 24.6 Å².